The van der Waals surface area contributed by atoms with E-state index in [0.717, 1.165) is 14.9 Å². The number of hydrogen-bond acceptors (Lipinski definition) is 4. The van der Waals surface area contributed by atoms with Crippen LogP contribution < -0.4 is 10.5 Å². The van der Waals surface area contributed by atoms with Crippen LogP contribution in [-0.4, -0.2) is 8.42 Å². The summed E-state index contributed by atoms with van der Waals surface area (Å²) in [5.74, 6) is 0. The first-order valence-corrected chi connectivity index (χ1v) is 9.49. The molecule has 0 aliphatic rings. The summed E-state index contributed by atoms with van der Waals surface area (Å²) in [6.45, 7) is 2.20. The van der Waals surface area contributed by atoms with Crippen LogP contribution >= 0.6 is 43.2 Å². The molecule has 1 aromatic carbocycles. The molecule has 3 N–H and O–H groups in total. The minimum Gasteiger partial charge on any atom is -0.326 e. The summed E-state index contributed by atoms with van der Waals surface area (Å²) < 4.78 is 29.1. The number of hydrogen-bond donors (Lipinski definition) is 2. The highest BCUT2D eigenvalue weighted by Gasteiger charge is 2.19. The van der Waals surface area contributed by atoms with Crippen LogP contribution in [0.5, 0.6) is 0 Å². The number of benzene rings is 1. The predicted molar refractivity (Wildman–Crippen MR) is 89.6 cm³/mol. The molecular weight excluding hydrogens is 428 g/mol. The van der Waals surface area contributed by atoms with Gasteiger partial charge in [0.15, 0.2) is 0 Å². The Morgan fingerprint density at radius 1 is 1.30 bits per heavy atom. The number of thiophene rings is 1. The fourth-order valence-corrected chi connectivity index (χ4v) is 5.42. The number of aryl methyl sites for hydroxylation is 1. The number of anilines is 1. The Balaban J connectivity index is 2.35. The molecule has 0 amide bonds. The molecule has 0 aliphatic carbocycles. The van der Waals surface area contributed by atoms with Gasteiger partial charge in [-0.25, -0.2) is 8.42 Å². The third kappa shape index (κ3) is 3.43. The first kappa shape index (κ1) is 16.0. The minimum atomic E-state index is -3.59. The molecule has 2 aromatic rings. The minimum absolute atomic E-state index is 0.269. The molecule has 8 heteroatoms. The van der Waals surface area contributed by atoms with Gasteiger partial charge in [-0.2, -0.15) is 0 Å². The van der Waals surface area contributed by atoms with Crippen molar-refractivity contribution < 1.29 is 8.42 Å². The molecule has 4 nitrogen and oxygen atoms in total. The van der Waals surface area contributed by atoms with Crippen molar-refractivity contribution in [3.05, 3.63) is 43.7 Å². The quantitative estimate of drug-likeness (QED) is 0.759. The molecule has 0 bridgehead atoms. The van der Waals surface area contributed by atoms with E-state index >= 15 is 0 Å². The number of sulfonamides is 1. The van der Waals surface area contributed by atoms with Gasteiger partial charge in [0.2, 0.25) is 0 Å². The Morgan fingerprint density at radius 2 is 2.00 bits per heavy atom. The van der Waals surface area contributed by atoms with E-state index < -0.39 is 10.0 Å². The number of nitrogens with one attached hydrogen (secondary N) is 1. The zero-order valence-electron chi connectivity index (χ0n) is 10.5. The molecular formula is C12H12Br2N2O2S2. The third-order valence-corrected chi connectivity index (χ3v) is 6.87. The molecule has 0 aliphatic heterocycles. The number of nitrogens with two attached hydrogens (primary N) is 1. The normalized spacial score (nSPS) is 11.6. The molecule has 108 valence electrons. The van der Waals surface area contributed by atoms with Gasteiger partial charge in [0, 0.05) is 20.4 Å². The van der Waals surface area contributed by atoms with Gasteiger partial charge in [-0.05, 0) is 52.7 Å². The summed E-state index contributed by atoms with van der Waals surface area (Å²) in [4.78, 5) is 0.875. The van der Waals surface area contributed by atoms with Crippen LogP contribution in [0.1, 0.15) is 10.4 Å². The fourth-order valence-electron chi connectivity index (χ4n) is 1.59. The lowest BCUT2D eigenvalue weighted by Gasteiger charge is -2.08. The van der Waals surface area contributed by atoms with Crippen LogP contribution in [-0.2, 0) is 16.6 Å². The fraction of sp³-hybridized carbons (Fsp3) is 0.167. The maximum atomic E-state index is 12.3. The van der Waals surface area contributed by atoms with Crippen molar-refractivity contribution in [2.45, 2.75) is 17.7 Å². The standard InChI is InChI=1S/C12H12Br2N2O2S2/c1-7-4-12(19-11(7)6-15)20(17,18)16-10-3-2-8(13)5-9(10)14/h2-5,16H,6,15H2,1H3. The average molecular weight is 440 g/mol. The Morgan fingerprint density at radius 3 is 2.55 bits per heavy atom. The molecule has 0 radical (unpaired) electrons. The monoisotopic (exact) mass is 438 g/mol. The highest BCUT2D eigenvalue weighted by Crippen LogP contribution is 2.31. The lowest BCUT2D eigenvalue weighted by atomic mass is 10.3. The first-order chi connectivity index (χ1) is 9.33. The van der Waals surface area contributed by atoms with E-state index in [1.54, 1.807) is 24.3 Å². The number of halogens is 2. The van der Waals surface area contributed by atoms with Crippen LogP contribution in [0.2, 0.25) is 0 Å². The maximum absolute atomic E-state index is 12.3. The van der Waals surface area contributed by atoms with Gasteiger partial charge < -0.3 is 5.73 Å². The Hall–Kier alpha value is -0.410. The van der Waals surface area contributed by atoms with Gasteiger partial charge in [0.25, 0.3) is 10.0 Å². The average Bonchev–Trinajstić information content (AvgIpc) is 2.75. The van der Waals surface area contributed by atoms with E-state index in [9.17, 15) is 8.42 Å². The van der Waals surface area contributed by atoms with Crippen LogP contribution in [0.15, 0.2) is 37.4 Å². The van der Waals surface area contributed by atoms with E-state index in [-0.39, 0.29) is 4.21 Å². The van der Waals surface area contributed by atoms with Crippen molar-refractivity contribution in [3.8, 4) is 0 Å². The summed E-state index contributed by atoms with van der Waals surface area (Å²) >= 11 is 7.85. The van der Waals surface area contributed by atoms with Gasteiger partial charge in [-0.3, -0.25) is 4.72 Å². The van der Waals surface area contributed by atoms with E-state index in [2.05, 4.69) is 36.6 Å². The highest BCUT2D eigenvalue weighted by molar-refractivity contribution is 9.11. The van der Waals surface area contributed by atoms with Crippen molar-refractivity contribution >= 4 is 58.9 Å². The second-order valence-electron chi connectivity index (χ2n) is 4.11. The molecule has 0 fully saturated rings. The lowest BCUT2D eigenvalue weighted by molar-refractivity contribution is 0.603. The van der Waals surface area contributed by atoms with E-state index in [1.165, 1.54) is 11.3 Å². The molecule has 0 atom stereocenters. The summed E-state index contributed by atoms with van der Waals surface area (Å²) in [6, 6.07) is 6.88. The van der Waals surface area contributed by atoms with Crippen LogP contribution in [0.25, 0.3) is 0 Å². The Bertz CT molecular complexity index is 742. The van der Waals surface area contributed by atoms with E-state index in [1.807, 2.05) is 6.92 Å². The lowest BCUT2D eigenvalue weighted by Crippen LogP contribution is -2.11. The van der Waals surface area contributed by atoms with Gasteiger partial charge in [-0.15, -0.1) is 11.3 Å². The van der Waals surface area contributed by atoms with Crippen molar-refractivity contribution in [2.75, 3.05) is 4.72 Å². The molecule has 20 heavy (non-hydrogen) atoms. The van der Waals surface area contributed by atoms with Crippen LogP contribution in [0.3, 0.4) is 0 Å². The maximum Gasteiger partial charge on any atom is 0.271 e. The summed E-state index contributed by atoms with van der Waals surface area (Å²) in [6.07, 6.45) is 0. The molecule has 0 saturated carbocycles. The smallest absolute Gasteiger partial charge is 0.271 e. The van der Waals surface area contributed by atoms with Crippen molar-refractivity contribution in [1.82, 2.24) is 0 Å². The SMILES string of the molecule is Cc1cc(S(=O)(=O)Nc2ccc(Br)cc2Br)sc1CN. The summed E-state index contributed by atoms with van der Waals surface area (Å²) in [5.41, 5.74) is 6.97. The van der Waals surface area contributed by atoms with E-state index in [0.29, 0.717) is 16.7 Å². The molecule has 0 unspecified atom stereocenters. The Labute approximate surface area is 138 Å². The highest BCUT2D eigenvalue weighted by atomic mass is 79.9. The third-order valence-electron chi connectivity index (χ3n) is 2.62. The predicted octanol–water partition coefficient (Wildman–Crippen LogP) is 3.84. The molecule has 2 rings (SSSR count). The van der Waals surface area contributed by atoms with Gasteiger partial charge in [0.05, 0.1) is 5.69 Å². The van der Waals surface area contributed by atoms with E-state index in [4.69, 9.17) is 5.73 Å². The van der Waals surface area contributed by atoms with Crippen molar-refractivity contribution in [1.29, 1.82) is 0 Å². The largest absolute Gasteiger partial charge is 0.326 e. The Kier molecular flexibility index (Phi) is 4.91. The van der Waals surface area contributed by atoms with Gasteiger partial charge in [-0.1, -0.05) is 15.9 Å². The van der Waals surface area contributed by atoms with Crippen molar-refractivity contribution in [3.63, 3.8) is 0 Å². The molecule has 0 saturated heterocycles. The van der Waals surface area contributed by atoms with Crippen LogP contribution in [0.4, 0.5) is 5.69 Å². The second kappa shape index (κ2) is 6.15. The van der Waals surface area contributed by atoms with Crippen molar-refractivity contribution in [2.24, 2.45) is 5.73 Å². The summed E-state index contributed by atoms with van der Waals surface area (Å²) in [5, 5.41) is 0. The summed E-state index contributed by atoms with van der Waals surface area (Å²) in [7, 11) is -3.59. The van der Waals surface area contributed by atoms with Gasteiger partial charge >= 0.3 is 0 Å². The molecule has 1 heterocycles. The van der Waals surface area contributed by atoms with Crippen LogP contribution in [0, 0.1) is 6.92 Å². The zero-order chi connectivity index (χ0) is 14.9. The zero-order valence-corrected chi connectivity index (χ0v) is 15.3. The number of rotatable bonds is 4. The second-order valence-corrected chi connectivity index (χ2v) is 8.92. The topological polar surface area (TPSA) is 72.2 Å². The van der Waals surface area contributed by atoms with Gasteiger partial charge in [0.1, 0.15) is 4.21 Å². The molecule has 1 aromatic heterocycles. The molecule has 0 spiro atoms. The first-order valence-electron chi connectivity index (χ1n) is 5.60.